The first-order valence-corrected chi connectivity index (χ1v) is 17.9. The van der Waals surface area contributed by atoms with Crippen molar-refractivity contribution in [1.82, 2.24) is 9.80 Å². The van der Waals surface area contributed by atoms with Gasteiger partial charge in [-0.1, -0.05) is 35.0 Å². The highest BCUT2D eigenvalue weighted by molar-refractivity contribution is 8.30. The molecule has 0 radical (unpaired) electrons. The van der Waals surface area contributed by atoms with Crippen LogP contribution in [0.5, 0.6) is 0 Å². The van der Waals surface area contributed by atoms with Gasteiger partial charge in [0.1, 0.15) is 0 Å². The van der Waals surface area contributed by atoms with Gasteiger partial charge in [-0.25, -0.2) is 0 Å². The molecule has 8 rings (SSSR count). The first-order valence-electron chi connectivity index (χ1n) is 12.5. The van der Waals surface area contributed by atoms with E-state index in [0.717, 1.165) is 62.7 Å². The van der Waals surface area contributed by atoms with Crippen molar-refractivity contribution in [2.45, 2.75) is 0 Å². The average molecular weight is 662 g/mol. The molecule has 40 heavy (non-hydrogen) atoms. The maximum atomic E-state index is 9.65. The molecule has 0 amide bonds. The van der Waals surface area contributed by atoms with Crippen LogP contribution in [-0.4, -0.2) is 64.3 Å². The van der Waals surface area contributed by atoms with E-state index in [2.05, 4.69) is 55.0 Å². The highest BCUT2D eigenvalue weighted by Crippen LogP contribution is 2.48. The molecule has 4 aliphatic heterocycles. The molecular formula is C28H22Cl2N4OS5. The van der Waals surface area contributed by atoms with Crippen LogP contribution in [0.1, 0.15) is 11.1 Å². The molecule has 12 heteroatoms. The fraction of sp³-hybridized carbons (Fsp3) is 0.214. The van der Waals surface area contributed by atoms with Crippen LogP contribution in [0.15, 0.2) is 66.3 Å². The van der Waals surface area contributed by atoms with Gasteiger partial charge in [0.25, 0.3) is 0 Å². The second-order valence-corrected chi connectivity index (χ2v) is 15.1. The number of aliphatic imine (C=N–C) groups is 2. The Hall–Kier alpha value is -1.63. The topological polar surface area (TPSA) is 51.4 Å². The van der Waals surface area contributed by atoms with Crippen molar-refractivity contribution in [3.8, 4) is 0 Å². The molecule has 0 bridgehead atoms. The molecule has 0 fully saturated rings. The third-order valence-corrected chi connectivity index (χ3v) is 12.4. The van der Waals surface area contributed by atoms with Crippen molar-refractivity contribution in [1.29, 1.82) is 0 Å². The Morgan fingerprint density at radius 1 is 0.825 bits per heavy atom. The van der Waals surface area contributed by atoms with Crippen molar-refractivity contribution >= 4 is 123 Å². The second-order valence-electron chi connectivity index (χ2n) is 9.18. The van der Waals surface area contributed by atoms with Gasteiger partial charge in [0.05, 0.1) is 35.3 Å². The summed E-state index contributed by atoms with van der Waals surface area (Å²) in [5.41, 5.74) is 4.68. The van der Waals surface area contributed by atoms with Gasteiger partial charge in [-0.15, -0.1) is 34.4 Å². The molecule has 0 saturated heterocycles. The summed E-state index contributed by atoms with van der Waals surface area (Å²) in [6.45, 7) is 3.59. The second kappa shape index (κ2) is 11.2. The Morgan fingerprint density at radius 3 is 1.95 bits per heavy atom. The number of hydrogen-bond donors (Lipinski definition) is 1. The van der Waals surface area contributed by atoms with Crippen molar-refractivity contribution in [2.75, 3.05) is 39.0 Å². The summed E-state index contributed by atoms with van der Waals surface area (Å²) in [5.74, 6) is 0. The fourth-order valence-corrected chi connectivity index (χ4v) is 10.5. The predicted molar refractivity (Wildman–Crippen MR) is 181 cm³/mol. The van der Waals surface area contributed by atoms with Crippen LogP contribution >= 0.6 is 81.2 Å². The van der Waals surface area contributed by atoms with Crippen LogP contribution < -0.4 is 0 Å². The average Bonchev–Trinajstić information content (AvgIpc) is 3.76. The highest BCUT2D eigenvalue weighted by atomic mass is 35.5. The lowest BCUT2D eigenvalue weighted by molar-refractivity contribution is 0.339. The summed E-state index contributed by atoms with van der Waals surface area (Å²) < 4.78 is 3.74. The van der Waals surface area contributed by atoms with E-state index in [1.54, 1.807) is 58.0 Å². The van der Waals surface area contributed by atoms with Crippen molar-refractivity contribution in [2.24, 2.45) is 9.98 Å². The van der Waals surface area contributed by atoms with E-state index < -0.39 is 0 Å². The fourth-order valence-electron chi connectivity index (χ4n) is 5.26. The molecule has 2 aromatic heterocycles. The Kier molecular flexibility index (Phi) is 7.64. The number of fused-ring (bicyclic) bond motifs is 4. The molecule has 2 aromatic carbocycles. The lowest BCUT2D eigenvalue weighted by Gasteiger charge is -2.18. The van der Waals surface area contributed by atoms with Gasteiger partial charge in [0, 0.05) is 59.3 Å². The number of nitrogens with zero attached hydrogens (tertiary/aromatic N) is 4. The summed E-state index contributed by atoms with van der Waals surface area (Å²) in [5, 5.41) is 20.0. The summed E-state index contributed by atoms with van der Waals surface area (Å²) in [7, 11) is 0. The van der Waals surface area contributed by atoms with Gasteiger partial charge in [-0.05, 0) is 65.2 Å². The van der Waals surface area contributed by atoms with Crippen LogP contribution in [-0.2, 0) is 0 Å². The molecule has 0 spiro atoms. The van der Waals surface area contributed by atoms with E-state index in [9.17, 15) is 5.11 Å². The first-order chi connectivity index (χ1) is 19.6. The van der Waals surface area contributed by atoms with Crippen LogP contribution in [0.3, 0.4) is 0 Å². The lowest BCUT2D eigenvalue weighted by atomic mass is 10.1. The van der Waals surface area contributed by atoms with Gasteiger partial charge in [-0.3, -0.25) is 9.98 Å². The Morgan fingerprint density at radius 2 is 1.38 bits per heavy atom. The Labute approximate surface area is 262 Å². The summed E-state index contributed by atoms with van der Waals surface area (Å²) in [6.07, 6.45) is 2.13. The standard InChI is InChI=1S/C14H11ClN2OS2.C14H11ClN2S3/c15-8-5-10(9-1-4-19-11(9)6-8)13-12(7-18)20-14-16-2-3-17(13)14;1-18-13-12(17-4-3-16-14(17)20-13)10-6-8(15)7-11-9(10)2-5-19-11/h1,4-6,18H,2-3,7H2;2,5-7H,3-4H2,1H3. The number of aliphatic hydroxyl groups is 1. The molecule has 204 valence electrons. The molecule has 0 saturated carbocycles. The van der Waals surface area contributed by atoms with Gasteiger partial charge < -0.3 is 14.9 Å². The zero-order valence-corrected chi connectivity index (χ0v) is 26.8. The quantitative estimate of drug-likeness (QED) is 0.237. The largest absolute Gasteiger partial charge is 0.391 e. The van der Waals surface area contributed by atoms with E-state index in [4.69, 9.17) is 23.2 Å². The molecule has 4 aliphatic rings. The molecule has 0 unspecified atom stereocenters. The third kappa shape index (κ3) is 4.70. The van der Waals surface area contributed by atoms with Crippen molar-refractivity contribution < 1.29 is 5.11 Å². The number of thiophene rings is 2. The monoisotopic (exact) mass is 660 g/mol. The predicted octanol–water partition coefficient (Wildman–Crippen LogP) is 8.60. The van der Waals surface area contributed by atoms with E-state index in [-0.39, 0.29) is 6.61 Å². The van der Waals surface area contributed by atoms with E-state index in [0.29, 0.717) is 0 Å². The summed E-state index contributed by atoms with van der Waals surface area (Å²) >= 11 is 21.1. The van der Waals surface area contributed by atoms with E-state index in [1.807, 2.05) is 18.2 Å². The molecule has 0 aliphatic carbocycles. The van der Waals surface area contributed by atoms with Gasteiger partial charge >= 0.3 is 0 Å². The van der Waals surface area contributed by atoms with Crippen LogP contribution in [0.4, 0.5) is 0 Å². The van der Waals surface area contributed by atoms with Crippen molar-refractivity contribution in [3.05, 3.63) is 77.5 Å². The smallest absolute Gasteiger partial charge is 0.169 e. The minimum atomic E-state index is 0.0354. The number of benzene rings is 2. The maximum absolute atomic E-state index is 9.65. The number of halogens is 2. The Bertz CT molecular complexity index is 1660. The minimum absolute atomic E-state index is 0.0354. The zero-order valence-electron chi connectivity index (χ0n) is 21.2. The van der Waals surface area contributed by atoms with Crippen LogP contribution in [0, 0.1) is 0 Å². The van der Waals surface area contributed by atoms with Gasteiger partial charge in [0.15, 0.2) is 10.3 Å². The minimum Gasteiger partial charge on any atom is -0.391 e. The lowest BCUT2D eigenvalue weighted by Crippen LogP contribution is -2.20. The highest BCUT2D eigenvalue weighted by Gasteiger charge is 2.34. The molecule has 0 atom stereocenters. The van der Waals surface area contributed by atoms with Crippen molar-refractivity contribution in [3.63, 3.8) is 0 Å². The number of amidine groups is 2. The molecule has 6 heterocycles. The maximum Gasteiger partial charge on any atom is 0.169 e. The molecular weight excluding hydrogens is 640 g/mol. The van der Waals surface area contributed by atoms with E-state index >= 15 is 0 Å². The summed E-state index contributed by atoms with van der Waals surface area (Å²) in [4.78, 5) is 14.5. The Balaban J connectivity index is 0.000000132. The number of thioether (sulfide) groups is 3. The number of aliphatic hydroxyl groups excluding tert-OH is 1. The SMILES string of the molecule is CSC1=C(c2cc(Cl)cc3sccc23)N2CCN=C2S1.OCC1=C(c2cc(Cl)cc3sccc23)N2CCN=C2S1. The first kappa shape index (κ1) is 27.2. The van der Waals surface area contributed by atoms with E-state index in [1.165, 1.54) is 35.7 Å². The number of rotatable bonds is 4. The molecule has 5 nitrogen and oxygen atoms in total. The molecule has 1 N–H and O–H groups in total. The molecule has 4 aromatic rings. The normalized spacial score (nSPS) is 18.1. The number of hydrogen-bond acceptors (Lipinski definition) is 10. The zero-order chi connectivity index (χ0) is 27.4. The summed E-state index contributed by atoms with van der Waals surface area (Å²) in [6, 6.07) is 12.4. The van der Waals surface area contributed by atoms with Crippen LogP contribution in [0.2, 0.25) is 10.0 Å². The third-order valence-electron chi connectivity index (χ3n) is 6.91. The van der Waals surface area contributed by atoms with Gasteiger partial charge in [0.2, 0.25) is 0 Å². The van der Waals surface area contributed by atoms with Gasteiger partial charge in [-0.2, -0.15) is 0 Å². The van der Waals surface area contributed by atoms with Crippen LogP contribution in [0.25, 0.3) is 31.6 Å².